The minimum atomic E-state index is -0.581. The summed E-state index contributed by atoms with van der Waals surface area (Å²) < 4.78 is 5.76. The first-order valence-corrected chi connectivity index (χ1v) is 9.36. The van der Waals surface area contributed by atoms with Gasteiger partial charge in [0.25, 0.3) is 5.91 Å². The minimum Gasteiger partial charge on any atom is -0.452 e. The Morgan fingerprint density at radius 1 is 1.19 bits per heavy atom. The molecule has 2 rings (SSSR count). The second kappa shape index (κ2) is 9.48. The van der Waals surface area contributed by atoms with Crippen molar-refractivity contribution < 1.29 is 14.3 Å². The van der Waals surface area contributed by atoms with E-state index < -0.39 is 5.97 Å². The Morgan fingerprint density at radius 3 is 2.46 bits per heavy atom. The Bertz CT molecular complexity index is 760. The number of carbonyl (C=O) groups is 2. The summed E-state index contributed by atoms with van der Waals surface area (Å²) in [5.41, 5.74) is 2.58. The quantitative estimate of drug-likeness (QED) is 0.687. The second-order valence-electron chi connectivity index (χ2n) is 6.35. The van der Waals surface area contributed by atoms with E-state index in [1.807, 2.05) is 26.0 Å². The van der Waals surface area contributed by atoms with Gasteiger partial charge in [0.1, 0.15) is 0 Å². The van der Waals surface area contributed by atoms with Gasteiger partial charge in [0, 0.05) is 16.9 Å². The molecule has 26 heavy (non-hydrogen) atoms. The van der Waals surface area contributed by atoms with Gasteiger partial charge in [-0.15, -0.1) is 0 Å². The highest BCUT2D eigenvalue weighted by atomic mass is 79.9. The molecular formula is C20H23BrN2O3. The summed E-state index contributed by atoms with van der Waals surface area (Å²) in [7, 11) is 0. The van der Waals surface area contributed by atoms with Crippen LogP contribution in [0.3, 0.4) is 0 Å². The van der Waals surface area contributed by atoms with Crippen molar-refractivity contribution in [1.82, 2.24) is 10.3 Å². The van der Waals surface area contributed by atoms with Crippen molar-refractivity contribution in [2.75, 3.05) is 6.61 Å². The van der Waals surface area contributed by atoms with Gasteiger partial charge in [0.05, 0.1) is 11.6 Å². The first-order valence-electron chi connectivity index (χ1n) is 8.56. The maximum absolute atomic E-state index is 12.2. The number of pyridine rings is 1. The number of hydrogen-bond acceptors (Lipinski definition) is 4. The summed E-state index contributed by atoms with van der Waals surface area (Å²) in [6.07, 6.45) is 3.94. The number of esters is 1. The fourth-order valence-corrected chi connectivity index (χ4v) is 2.91. The third-order valence-corrected chi connectivity index (χ3v) is 4.44. The lowest BCUT2D eigenvalue weighted by atomic mass is 9.95. The zero-order chi connectivity index (χ0) is 19.1. The Kier molecular flexibility index (Phi) is 7.33. The van der Waals surface area contributed by atoms with Crippen molar-refractivity contribution >= 4 is 27.8 Å². The van der Waals surface area contributed by atoms with Gasteiger partial charge in [-0.3, -0.25) is 9.78 Å². The molecule has 0 aliphatic rings. The first kappa shape index (κ1) is 20.1. The molecule has 1 N–H and O–H groups in total. The fraction of sp³-hybridized carbons (Fsp3) is 0.350. The first-order chi connectivity index (χ1) is 12.4. The Morgan fingerprint density at radius 2 is 1.88 bits per heavy atom. The number of amides is 1. The summed E-state index contributed by atoms with van der Waals surface area (Å²) in [5, 5.41) is 2.95. The molecule has 0 aliphatic carbocycles. The van der Waals surface area contributed by atoms with Crippen LogP contribution in [-0.2, 0) is 16.0 Å². The average Bonchev–Trinajstić information content (AvgIpc) is 2.64. The molecule has 5 nitrogen and oxygen atoms in total. The van der Waals surface area contributed by atoms with Crippen LogP contribution in [-0.4, -0.2) is 23.5 Å². The van der Waals surface area contributed by atoms with E-state index in [9.17, 15) is 9.59 Å². The maximum atomic E-state index is 12.2. The van der Waals surface area contributed by atoms with E-state index >= 15 is 0 Å². The summed E-state index contributed by atoms with van der Waals surface area (Å²) in [6, 6.07) is 9.65. The summed E-state index contributed by atoms with van der Waals surface area (Å²) >= 11 is 3.25. The second-order valence-corrected chi connectivity index (χ2v) is 7.27. The van der Waals surface area contributed by atoms with Crippen molar-refractivity contribution in [1.29, 1.82) is 0 Å². The van der Waals surface area contributed by atoms with Crippen LogP contribution in [0.1, 0.15) is 48.3 Å². The van der Waals surface area contributed by atoms with Gasteiger partial charge in [-0.05, 0) is 45.5 Å². The molecule has 1 amide bonds. The van der Waals surface area contributed by atoms with E-state index in [-0.39, 0.29) is 24.5 Å². The van der Waals surface area contributed by atoms with E-state index in [1.54, 1.807) is 12.3 Å². The number of benzene rings is 1. The number of carbonyl (C=O) groups excluding carboxylic acids is 2. The molecule has 0 unspecified atom stereocenters. The van der Waals surface area contributed by atoms with Crippen LogP contribution in [0.2, 0.25) is 0 Å². The normalized spacial score (nSPS) is 11.9. The van der Waals surface area contributed by atoms with Crippen LogP contribution in [0.25, 0.3) is 0 Å². The smallest absolute Gasteiger partial charge is 0.340 e. The lowest BCUT2D eigenvalue weighted by Crippen LogP contribution is -2.35. The van der Waals surface area contributed by atoms with Gasteiger partial charge < -0.3 is 10.1 Å². The van der Waals surface area contributed by atoms with Crippen molar-refractivity contribution in [2.45, 2.75) is 33.2 Å². The molecular weight excluding hydrogens is 396 g/mol. The fourth-order valence-electron chi connectivity index (χ4n) is 2.55. The summed E-state index contributed by atoms with van der Waals surface area (Å²) in [5.74, 6) is -0.710. The van der Waals surface area contributed by atoms with Crippen molar-refractivity contribution in [3.8, 4) is 0 Å². The SMILES string of the molecule is CCc1ccc([C@@H](NC(=O)COC(=O)c2cncc(Br)c2)C(C)C)cc1. The van der Waals surface area contributed by atoms with E-state index in [0.29, 0.717) is 10.0 Å². The molecule has 1 atom stereocenters. The van der Waals surface area contributed by atoms with E-state index in [2.05, 4.69) is 45.3 Å². The maximum Gasteiger partial charge on any atom is 0.340 e. The van der Waals surface area contributed by atoms with Crippen LogP contribution in [0.4, 0.5) is 0 Å². The van der Waals surface area contributed by atoms with Crippen molar-refractivity contribution in [3.63, 3.8) is 0 Å². The zero-order valence-electron chi connectivity index (χ0n) is 15.2. The van der Waals surface area contributed by atoms with Crippen molar-refractivity contribution in [3.05, 3.63) is 63.9 Å². The van der Waals surface area contributed by atoms with Crippen LogP contribution in [0.15, 0.2) is 47.2 Å². The number of nitrogens with zero attached hydrogens (tertiary/aromatic N) is 1. The highest BCUT2D eigenvalue weighted by Crippen LogP contribution is 2.22. The molecule has 138 valence electrons. The predicted molar refractivity (Wildman–Crippen MR) is 104 cm³/mol. The molecule has 1 heterocycles. The van der Waals surface area contributed by atoms with Crippen molar-refractivity contribution in [2.24, 2.45) is 5.92 Å². The van der Waals surface area contributed by atoms with E-state index in [4.69, 9.17) is 4.74 Å². The number of hydrogen-bond donors (Lipinski definition) is 1. The molecule has 0 saturated heterocycles. The van der Waals surface area contributed by atoms with Crippen LogP contribution >= 0.6 is 15.9 Å². The summed E-state index contributed by atoms with van der Waals surface area (Å²) in [4.78, 5) is 28.2. The van der Waals surface area contributed by atoms with Gasteiger partial charge in [0.2, 0.25) is 0 Å². The van der Waals surface area contributed by atoms with E-state index in [0.717, 1.165) is 12.0 Å². The molecule has 2 aromatic rings. The monoisotopic (exact) mass is 418 g/mol. The summed E-state index contributed by atoms with van der Waals surface area (Å²) in [6.45, 7) is 5.85. The number of aryl methyl sites for hydroxylation is 1. The van der Waals surface area contributed by atoms with Crippen LogP contribution in [0, 0.1) is 5.92 Å². The zero-order valence-corrected chi connectivity index (χ0v) is 16.7. The molecule has 0 fully saturated rings. The molecule has 0 aliphatic heterocycles. The van der Waals surface area contributed by atoms with Crippen LogP contribution < -0.4 is 5.32 Å². The highest BCUT2D eigenvalue weighted by Gasteiger charge is 2.19. The largest absolute Gasteiger partial charge is 0.452 e. The van der Waals surface area contributed by atoms with Gasteiger partial charge in [-0.1, -0.05) is 45.0 Å². The van der Waals surface area contributed by atoms with Gasteiger partial charge >= 0.3 is 5.97 Å². The van der Waals surface area contributed by atoms with Crippen LogP contribution in [0.5, 0.6) is 0 Å². The molecule has 0 radical (unpaired) electrons. The van der Waals surface area contributed by atoms with E-state index in [1.165, 1.54) is 11.8 Å². The Balaban J connectivity index is 1.96. The number of ether oxygens (including phenoxy) is 1. The Labute approximate surface area is 162 Å². The third kappa shape index (κ3) is 5.66. The topological polar surface area (TPSA) is 68.3 Å². The average molecular weight is 419 g/mol. The minimum absolute atomic E-state index is 0.139. The third-order valence-electron chi connectivity index (χ3n) is 4.01. The van der Waals surface area contributed by atoms with Gasteiger partial charge in [-0.25, -0.2) is 4.79 Å². The van der Waals surface area contributed by atoms with Gasteiger partial charge in [0.15, 0.2) is 6.61 Å². The molecule has 0 spiro atoms. The number of rotatable bonds is 7. The predicted octanol–water partition coefficient (Wildman–Crippen LogP) is 4.08. The van der Waals surface area contributed by atoms with Gasteiger partial charge in [-0.2, -0.15) is 0 Å². The standard InChI is InChI=1S/C20H23BrN2O3/c1-4-14-5-7-15(8-6-14)19(13(2)3)23-18(24)12-26-20(25)16-9-17(21)11-22-10-16/h5-11,13,19H,4,12H2,1-3H3,(H,23,24)/t19-/m0/s1. The lowest BCUT2D eigenvalue weighted by Gasteiger charge is -2.23. The Hall–Kier alpha value is -2.21. The lowest BCUT2D eigenvalue weighted by molar-refractivity contribution is -0.125. The molecule has 0 saturated carbocycles. The highest BCUT2D eigenvalue weighted by molar-refractivity contribution is 9.10. The number of aromatic nitrogens is 1. The molecule has 0 bridgehead atoms. The number of nitrogens with one attached hydrogen (secondary N) is 1. The molecule has 6 heteroatoms. The molecule has 1 aromatic heterocycles. The molecule has 1 aromatic carbocycles. The number of halogens is 1.